The lowest BCUT2D eigenvalue weighted by molar-refractivity contribution is 0.429. The molecule has 0 spiro atoms. The molecule has 0 atom stereocenters. The van der Waals surface area contributed by atoms with Crippen molar-refractivity contribution in [1.29, 1.82) is 0 Å². The molecule has 4 heteroatoms. The van der Waals surface area contributed by atoms with E-state index in [1.807, 2.05) is 6.92 Å². The summed E-state index contributed by atoms with van der Waals surface area (Å²) in [7, 11) is 0. The largest absolute Gasteiger partial charge is 0.507 e. The zero-order valence-corrected chi connectivity index (χ0v) is 25.3. The molecule has 0 saturated carbocycles. The van der Waals surface area contributed by atoms with E-state index in [0.29, 0.717) is 0 Å². The van der Waals surface area contributed by atoms with Crippen molar-refractivity contribution in [1.82, 2.24) is 9.97 Å². The van der Waals surface area contributed by atoms with Crippen molar-refractivity contribution in [3.63, 3.8) is 0 Å². The molecule has 0 radical (unpaired) electrons. The highest BCUT2D eigenvalue weighted by molar-refractivity contribution is 5.60. The van der Waals surface area contributed by atoms with Gasteiger partial charge in [0.2, 0.25) is 0 Å². The van der Waals surface area contributed by atoms with Gasteiger partial charge in [-0.05, 0) is 50.8 Å². The standard InChI is InChI=1S/C33H48N2O2/c1-19-27(35-18-34-19)26(22-14-20(30(2,3)4)16-24(28(22)36)32(8,9)10)23-15-21(31(5,6)7)17-25(29(23)37)33(11,12)13/h14-18,26,36-37H,1-13H3,(H,34,35). The van der Waals surface area contributed by atoms with Gasteiger partial charge >= 0.3 is 0 Å². The summed E-state index contributed by atoms with van der Waals surface area (Å²) < 4.78 is 0. The summed E-state index contributed by atoms with van der Waals surface area (Å²) in [5, 5.41) is 23.7. The number of imidazole rings is 1. The number of phenolic OH excluding ortho intramolecular Hbond substituents is 2. The van der Waals surface area contributed by atoms with Crippen LogP contribution >= 0.6 is 0 Å². The van der Waals surface area contributed by atoms with Crippen LogP contribution in [0.1, 0.15) is 134 Å². The summed E-state index contributed by atoms with van der Waals surface area (Å²) in [4.78, 5) is 7.97. The number of aromatic amines is 1. The highest BCUT2D eigenvalue weighted by Gasteiger charge is 2.34. The maximum absolute atomic E-state index is 11.9. The van der Waals surface area contributed by atoms with E-state index in [1.165, 1.54) is 0 Å². The quantitative estimate of drug-likeness (QED) is 0.335. The van der Waals surface area contributed by atoms with Crippen LogP contribution in [0.5, 0.6) is 11.5 Å². The lowest BCUT2D eigenvalue weighted by atomic mass is 9.73. The molecule has 0 unspecified atom stereocenters. The molecule has 0 saturated heterocycles. The van der Waals surface area contributed by atoms with Gasteiger partial charge in [0, 0.05) is 16.8 Å². The summed E-state index contributed by atoms with van der Waals surface area (Å²) in [5.74, 6) is 0.0922. The first-order valence-electron chi connectivity index (χ1n) is 13.4. The number of aromatic nitrogens is 2. The molecule has 3 aromatic rings. The van der Waals surface area contributed by atoms with E-state index < -0.39 is 5.92 Å². The Morgan fingerprint density at radius 1 is 0.622 bits per heavy atom. The van der Waals surface area contributed by atoms with Crippen LogP contribution in [0.2, 0.25) is 0 Å². The minimum absolute atomic E-state index is 0.126. The smallest absolute Gasteiger partial charge is 0.123 e. The molecule has 0 aliphatic carbocycles. The maximum atomic E-state index is 11.9. The van der Waals surface area contributed by atoms with Gasteiger partial charge in [-0.15, -0.1) is 0 Å². The summed E-state index contributed by atoms with van der Waals surface area (Å²) in [6.07, 6.45) is 1.70. The topological polar surface area (TPSA) is 69.1 Å². The SMILES string of the molecule is Cc1[nH]cnc1C(c1cc(C(C)(C)C)cc(C(C)(C)C)c1O)c1cc(C(C)(C)C)cc(C(C)(C)C)c1O. The zero-order chi connectivity index (χ0) is 28.3. The number of phenols is 2. The molecular weight excluding hydrogens is 456 g/mol. The number of H-pyrrole nitrogens is 1. The van der Waals surface area contributed by atoms with Crippen molar-refractivity contribution in [3.05, 3.63) is 75.4 Å². The fourth-order valence-electron chi connectivity index (χ4n) is 4.89. The van der Waals surface area contributed by atoms with Gasteiger partial charge in [-0.3, -0.25) is 0 Å². The van der Waals surface area contributed by atoms with Crippen LogP contribution in [0, 0.1) is 6.92 Å². The van der Waals surface area contributed by atoms with Gasteiger partial charge in [0.25, 0.3) is 0 Å². The first-order valence-corrected chi connectivity index (χ1v) is 13.4. The van der Waals surface area contributed by atoms with Gasteiger partial charge < -0.3 is 15.2 Å². The Kier molecular flexibility index (Phi) is 7.18. The molecule has 2 aromatic carbocycles. The minimum Gasteiger partial charge on any atom is -0.507 e. The number of hydrogen-bond acceptors (Lipinski definition) is 3. The first kappa shape index (κ1) is 28.8. The zero-order valence-electron chi connectivity index (χ0n) is 25.3. The van der Waals surface area contributed by atoms with E-state index in [1.54, 1.807) is 6.33 Å². The lowest BCUT2D eigenvalue weighted by Crippen LogP contribution is -2.21. The second kappa shape index (κ2) is 9.22. The van der Waals surface area contributed by atoms with E-state index in [0.717, 1.165) is 44.8 Å². The molecule has 37 heavy (non-hydrogen) atoms. The third kappa shape index (κ3) is 5.73. The van der Waals surface area contributed by atoms with Gasteiger partial charge in [0.15, 0.2) is 0 Å². The fourth-order valence-corrected chi connectivity index (χ4v) is 4.89. The Bertz CT molecular complexity index is 1200. The van der Waals surface area contributed by atoms with Gasteiger partial charge in [-0.25, -0.2) is 4.98 Å². The molecular formula is C33H48N2O2. The maximum Gasteiger partial charge on any atom is 0.123 e. The molecule has 202 valence electrons. The van der Waals surface area contributed by atoms with Gasteiger partial charge in [0.1, 0.15) is 11.5 Å². The number of aryl methyl sites for hydroxylation is 1. The second-order valence-electron chi connectivity index (χ2n) is 14.8. The van der Waals surface area contributed by atoms with Gasteiger partial charge in [0.05, 0.1) is 17.9 Å². The van der Waals surface area contributed by atoms with E-state index in [4.69, 9.17) is 4.98 Å². The first-order chi connectivity index (χ1) is 16.6. The van der Waals surface area contributed by atoms with E-state index in [2.05, 4.69) is 112 Å². The molecule has 4 nitrogen and oxygen atoms in total. The normalized spacial score (nSPS) is 13.5. The Morgan fingerprint density at radius 3 is 1.27 bits per heavy atom. The van der Waals surface area contributed by atoms with Crippen LogP contribution in [-0.4, -0.2) is 20.2 Å². The third-order valence-corrected chi connectivity index (χ3v) is 7.39. The lowest BCUT2D eigenvalue weighted by Gasteiger charge is -2.32. The Morgan fingerprint density at radius 2 is 1.00 bits per heavy atom. The molecule has 1 heterocycles. The Balaban J connectivity index is 2.55. The summed E-state index contributed by atoms with van der Waals surface area (Å²) in [5.41, 5.74) is 6.57. The Hall–Kier alpha value is -2.75. The van der Waals surface area contributed by atoms with Crippen LogP contribution in [0.25, 0.3) is 0 Å². The molecule has 0 aliphatic heterocycles. The van der Waals surface area contributed by atoms with Crippen molar-refractivity contribution >= 4 is 0 Å². The van der Waals surface area contributed by atoms with Crippen LogP contribution in [0.4, 0.5) is 0 Å². The van der Waals surface area contributed by atoms with Crippen LogP contribution < -0.4 is 0 Å². The number of aromatic hydroxyl groups is 2. The highest BCUT2D eigenvalue weighted by Crippen LogP contribution is 2.49. The molecule has 1 aromatic heterocycles. The van der Waals surface area contributed by atoms with Crippen molar-refractivity contribution in [2.24, 2.45) is 0 Å². The third-order valence-electron chi connectivity index (χ3n) is 7.39. The number of hydrogen-bond donors (Lipinski definition) is 3. The molecule has 0 fully saturated rings. The number of nitrogens with zero attached hydrogens (tertiary/aromatic N) is 1. The molecule has 3 rings (SSSR count). The van der Waals surface area contributed by atoms with Crippen LogP contribution in [-0.2, 0) is 21.7 Å². The second-order valence-corrected chi connectivity index (χ2v) is 14.8. The van der Waals surface area contributed by atoms with Crippen LogP contribution in [0.3, 0.4) is 0 Å². The summed E-state index contributed by atoms with van der Waals surface area (Å²) in [6.45, 7) is 27.9. The Labute approximate surface area is 224 Å². The number of nitrogens with one attached hydrogen (secondary N) is 1. The molecule has 0 amide bonds. The summed E-state index contributed by atoms with van der Waals surface area (Å²) in [6, 6.07) is 8.51. The average Bonchev–Trinajstić information content (AvgIpc) is 3.12. The predicted octanol–water partition coefficient (Wildman–Crippen LogP) is 8.50. The fraction of sp³-hybridized carbons (Fsp3) is 0.545. The highest BCUT2D eigenvalue weighted by atomic mass is 16.3. The minimum atomic E-state index is -0.446. The van der Waals surface area contributed by atoms with Crippen molar-refractivity contribution in [3.8, 4) is 11.5 Å². The van der Waals surface area contributed by atoms with Crippen molar-refractivity contribution < 1.29 is 10.2 Å². The van der Waals surface area contributed by atoms with Crippen LogP contribution in [0.15, 0.2) is 30.6 Å². The van der Waals surface area contributed by atoms with Crippen molar-refractivity contribution in [2.45, 2.75) is 118 Å². The predicted molar refractivity (Wildman–Crippen MR) is 155 cm³/mol. The number of benzene rings is 2. The monoisotopic (exact) mass is 504 g/mol. The molecule has 0 bridgehead atoms. The summed E-state index contributed by atoms with van der Waals surface area (Å²) >= 11 is 0. The van der Waals surface area contributed by atoms with Gasteiger partial charge in [-0.2, -0.15) is 0 Å². The van der Waals surface area contributed by atoms with E-state index in [9.17, 15) is 10.2 Å². The number of rotatable bonds is 3. The van der Waals surface area contributed by atoms with E-state index in [-0.39, 0.29) is 33.2 Å². The molecule has 0 aliphatic rings. The average molecular weight is 505 g/mol. The van der Waals surface area contributed by atoms with Gasteiger partial charge in [-0.1, -0.05) is 107 Å². The van der Waals surface area contributed by atoms with E-state index >= 15 is 0 Å². The molecule has 3 N–H and O–H groups in total. The van der Waals surface area contributed by atoms with Crippen molar-refractivity contribution in [2.75, 3.05) is 0 Å².